The molecule has 0 saturated carbocycles. The highest BCUT2D eigenvalue weighted by atomic mass is 79.9. The number of carboxylic acids is 2. The van der Waals surface area contributed by atoms with E-state index in [0.29, 0.717) is 10.0 Å². The number of benzene rings is 1. The van der Waals surface area contributed by atoms with Gasteiger partial charge in [0.1, 0.15) is 0 Å². The van der Waals surface area contributed by atoms with Crippen LogP contribution in [0.4, 0.5) is 0 Å². The zero-order chi connectivity index (χ0) is 12.1. The lowest BCUT2D eigenvalue weighted by Gasteiger charge is -2.00. The predicted molar refractivity (Wildman–Crippen MR) is 62.4 cm³/mol. The summed E-state index contributed by atoms with van der Waals surface area (Å²) in [6.45, 7) is 0. The molecule has 0 bridgehead atoms. The molecule has 16 heavy (non-hydrogen) atoms. The molecule has 2 N–H and O–H groups in total. The quantitative estimate of drug-likeness (QED) is 0.891. The molecular formula is C11H9BrO4. The summed E-state index contributed by atoms with van der Waals surface area (Å²) in [5.41, 5.74) is 0.805. The average Bonchev–Trinajstić information content (AvgIpc) is 2.19. The number of aliphatic carboxylic acids is 1. The van der Waals surface area contributed by atoms with Crippen LogP contribution in [0.3, 0.4) is 0 Å². The van der Waals surface area contributed by atoms with E-state index in [1.165, 1.54) is 12.1 Å². The van der Waals surface area contributed by atoms with Crippen LogP contribution >= 0.6 is 15.9 Å². The average molecular weight is 285 g/mol. The van der Waals surface area contributed by atoms with Crippen LogP contribution in [0.5, 0.6) is 0 Å². The van der Waals surface area contributed by atoms with Gasteiger partial charge in [0, 0.05) is 4.47 Å². The Kier molecular flexibility index (Phi) is 4.25. The molecule has 0 spiro atoms. The molecule has 84 valence electrons. The molecule has 0 aliphatic rings. The molecular weight excluding hydrogens is 276 g/mol. The van der Waals surface area contributed by atoms with E-state index in [0.717, 1.165) is 0 Å². The Bertz CT molecular complexity index is 451. The Morgan fingerprint density at radius 1 is 1.31 bits per heavy atom. The van der Waals surface area contributed by atoms with Crippen LogP contribution < -0.4 is 0 Å². The van der Waals surface area contributed by atoms with E-state index in [1.807, 2.05) is 0 Å². The zero-order valence-electron chi connectivity index (χ0n) is 8.18. The summed E-state index contributed by atoms with van der Waals surface area (Å²) in [5, 5.41) is 17.3. The minimum absolute atomic E-state index is 0.0849. The monoisotopic (exact) mass is 284 g/mol. The fourth-order valence-electron chi connectivity index (χ4n) is 1.11. The molecule has 0 unspecified atom stereocenters. The van der Waals surface area contributed by atoms with Crippen molar-refractivity contribution >= 4 is 33.9 Å². The van der Waals surface area contributed by atoms with Gasteiger partial charge >= 0.3 is 11.9 Å². The van der Waals surface area contributed by atoms with E-state index in [-0.39, 0.29) is 12.0 Å². The second-order valence-electron chi connectivity index (χ2n) is 3.04. The third-order valence-corrected chi connectivity index (χ3v) is 2.52. The van der Waals surface area contributed by atoms with Gasteiger partial charge in [-0.3, -0.25) is 4.79 Å². The van der Waals surface area contributed by atoms with Crippen LogP contribution in [0.25, 0.3) is 6.08 Å². The summed E-state index contributed by atoms with van der Waals surface area (Å²) in [6, 6.07) is 4.80. The molecule has 1 aromatic rings. The highest BCUT2D eigenvalue weighted by molar-refractivity contribution is 9.10. The van der Waals surface area contributed by atoms with Crippen molar-refractivity contribution in [2.24, 2.45) is 0 Å². The summed E-state index contributed by atoms with van der Waals surface area (Å²) in [4.78, 5) is 21.1. The first-order valence-electron chi connectivity index (χ1n) is 4.42. The maximum absolute atomic E-state index is 10.8. The van der Waals surface area contributed by atoms with E-state index < -0.39 is 11.9 Å². The zero-order valence-corrected chi connectivity index (χ0v) is 9.77. The molecule has 0 heterocycles. The second kappa shape index (κ2) is 5.46. The first-order valence-corrected chi connectivity index (χ1v) is 5.21. The predicted octanol–water partition coefficient (Wildman–Crippen LogP) is 2.64. The lowest BCUT2D eigenvalue weighted by atomic mass is 10.1. The van der Waals surface area contributed by atoms with Crippen molar-refractivity contribution in [2.45, 2.75) is 6.42 Å². The van der Waals surface area contributed by atoms with Crippen molar-refractivity contribution < 1.29 is 19.8 Å². The maximum atomic E-state index is 10.8. The first-order chi connectivity index (χ1) is 7.50. The van der Waals surface area contributed by atoms with Gasteiger partial charge < -0.3 is 10.2 Å². The molecule has 0 atom stereocenters. The van der Waals surface area contributed by atoms with Gasteiger partial charge in [0.25, 0.3) is 0 Å². The molecule has 0 aliphatic heterocycles. The van der Waals surface area contributed by atoms with Crippen molar-refractivity contribution in [3.05, 3.63) is 39.9 Å². The van der Waals surface area contributed by atoms with Crippen LogP contribution in [0.1, 0.15) is 22.3 Å². The van der Waals surface area contributed by atoms with Crippen molar-refractivity contribution in [2.75, 3.05) is 0 Å². The smallest absolute Gasteiger partial charge is 0.336 e. The summed E-state index contributed by atoms with van der Waals surface area (Å²) < 4.78 is 0.496. The molecule has 0 fully saturated rings. The van der Waals surface area contributed by atoms with Crippen molar-refractivity contribution in [3.8, 4) is 0 Å². The number of carbonyl (C=O) groups is 2. The number of hydrogen-bond donors (Lipinski definition) is 2. The first kappa shape index (κ1) is 12.4. The largest absolute Gasteiger partial charge is 0.481 e. The molecule has 0 aliphatic carbocycles. The fourth-order valence-corrected chi connectivity index (χ4v) is 1.52. The Morgan fingerprint density at radius 2 is 2.00 bits per heavy atom. The van der Waals surface area contributed by atoms with Gasteiger partial charge in [-0.1, -0.05) is 18.2 Å². The van der Waals surface area contributed by atoms with Crippen molar-refractivity contribution in [1.29, 1.82) is 0 Å². The third-order valence-electron chi connectivity index (χ3n) is 1.82. The Morgan fingerprint density at radius 3 is 2.56 bits per heavy atom. The van der Waals surface area contributed by atoms with Crippen LogP contribution in [-0.2, 0) is 4.79 Å². The Hall–Kier alpha value is -1.62. The SMILES string of the molecule is O=C(O)CC=Cc1ccc(Br)c(C(=O)O)c1. The molecule has 1 aromatic carbocycles. The molecule has 0 saturated heterocycles. The van der Waals surface area contributed by atoms with E-state index >= 15 is 0 Å². The lowest BCUT2D eigenvalue weighted by Crippen LogP contribution is -1.97. The highest BCUT2D eigenvalue weighted by Gasteiger charge is 2.07. The number of hydrogen-bond acceptors (Lipinski definition) is 2. The van der Waals surface area contributed by atoms with E-state index in [9.17, 15) is 9.59 Å². The number of carboxylic acid groups (broad SMARTS) is 2. The van der Waals surface area contributed by atoms with Crippen LogP contribution in [0, 0.1) is 0 Å². The van der Waals surface area contributed by atoms with Gasteiger partial charge in [-0.25, -0.2) is 4.79 Å². The molecule has 0 amide bonds. The number of rotatable bonds is 4. The van der Waals surface area contributed by atoms with Crippen LogP contribution in [0.15, 0.2) is 28.7 Å². The standard InChI is InChI=1S/C11H9BrO4/c12-9-5-4-7(2-1-3-10(13)14)6-8(9)11(15)16/h1-2,4-6H,3H2,(H,13,14)(H,15,16). The number of halogens is 1. The maximum Gasteiger partial charge on any atom is 0.336 e. The van der Waals surface area contributed by atoms with Crippen molar-refractivity contribution in [1.82, 2.24) is 0 Å². The summed E-state index contributed by atoms with van der Waals surface area (Å²) in [5.74, 6) is -1.95. The Labute approximate surface area is 100 Å². The fraction of sp³-hybridized carbons (Fsp3) is 0.0909. The molecule has 1 rings (SSSR count). The summed E-state index contributed by atoms with van der Waals surface area (Å²) in [6.07, 6.45) is 2.96. The normalized spacial score (nSPS) is 10.6. The molecule has 5 heteroatoms. The van der Waals surface area contributed by atoms with Gasteiger partial charge in [0.05, 0.1) is 12.0 Å². The molecule has 4 nitrogen and oxygen atoms in total. The minimum Gasteiger partial charge on any atom is -0.481 e. The summed E-state index contributed by atoms with van der Waals surface area (Å²) >= 11 is 3.12. The van der Waals surface area contributed by atoms with Gasteiger partial charge in [0.2, 0.25) is 0 Å². The van der Waals surface area contributed by atoms with Gasteiger partial charge in [-0.15, -0.1) is 0 Å². The van der Waals surface area contributed by atoms with E-state index in [2.05, 4.69) is 15.9 Å². The summed E-state index contributed by atoms with van der Waals surface area (Å²) in [7, 11) is 0. The highest BCUT2D eigenvalue weighted by Crippen LogP contribution is 2.19. The lowest BCUT2D eigenvalue weighted by molar-refractivity contribution is -0.135. The van der Waals surface area contributed by atoms with Crippen molar-refractivity contribution in [3.63, 3.8) is 0 Å². The topological polar surface area (TPSA) is 74.6 Å². The van der Waals surface area contributed by atoms with E-state index in [4.69, 9.17) is 10.2 Å². The minimum atomic E-state index is -1.03. The van der Waals surface area contributed by atoms with Crippen LogP contribution in [0.2, 0.25) is 0 Å². The third kappa shape index (κ3) is 3.51. The van der Waals surface area contributed by atoms with Crippen LogP contribution in [-0.4, -0.2) is 22.2 Å². The van der Waals surface area contributed by atoms with Gasteiger partial charge in [-0.05, 0) is 33.6 Å². The van der Waals surface area contributed by atoms with E-state index in [1.54, 1.807) is 18.2 Å². The second-order valence-corrected chi connectivity index (χ2v) is 3.90. The Balaban J connectivity index is 2.91. The van der Waals surface area contributed by atoms with Gasteiger partial charge in [0.15, 0.2) is 0 Å². The number of aromatic carboxylic acids is 1. The van der Waals surface area contributed by atoms with Gasteiger partial charge in [-0.2, -0.15) is 0 Å². The molecule has 0 radical (unpaired) electrons. The molecule has 0 aromatic heterocycles.